The lowest BCUT2D eigenvalue weighted by Gasteiger charge is -2.47. The highest BCUT2D eigenvalue weighted by atomic mass is 15.5. The average molecular weight is 380 g/mol. The lowest BCUT2D eigenvalue weighted by atomic mass is 9.82. The number of hydrogen-bond donors (Lipinski definition) is 0. The van der Waals surface area contributed by atoms with Crippen LogP contribution in [0.2, 0.25) is 0 Å². The molecule has 0 aliphatic carbocycles. The molecule has 0 N–H and O–H groups in total. The predicted molar refractivity (Wildman–Crippen MR) is 117 cm³/mol. The molecule has 2 aliphatic rings. The monoisotopic (exact) mass is 380 g/mol. The summed E-state index contributed by atoms with van der Waals surface area (Å²) in [7, 11) is 2.07. The van der Waals surface area contributed by atoms with Crippen LogP contribution in [0.5, 0.6) is 0 Å². The zero-order valence-corrected chi connectivity index (χ0v) is 16.8. The molecule has 0 aromatic heterocycles. The molecule has 2 atom stereocenters. The molecule has 0 radical (unpaired) electrons. The van der Waals surface area contributed by atoms with Crippen molar-refractivity contribution in [1.82, 2.24) is 9.91 Å². The third kappa shape index (κ3) is 3.25. The lowest BCUT2D eigenvalue weighted by molar-refractivity contribution is 0.154. The van der Waals surface area contributed by atoms with Crippen LogP contribution in [0.1, 0.15) is 29.5 Å². The van der Waals surface area contributed by atoms with Crippen LogP contribution in [0.25, 0.3) is 0 Å². The van der Waals surface area contributed by atoms with Crippen LogP contribution in [0.4, 0.5) is 0 Å². The SMILES string of the molecule is C=C1C=NN2C(=C1C)C(=C)N(C)CC2C(c1ccccc1)c1cccc(C#N)c1. The Labute approximate surface area is 172 Å². The first-order valence-corrected chi connectivity index (χ1v) is 9.70. The van der Waals surface area contributed by atoms with Crippen molar-refractivity contribution in [3.63, 3.8) is 0 Å². The minimum Gasteiger partial charge on any atom is -0.371 e. The van der Waals surface area contributed by atoms with Gasteiger partial charge in [-0.05, 0) is 41.3 Å². The normalized spacial score (nSPS) is 19.8. The van der Waals surface area contributed by atoms with E-state index in [-0.39, 0.29) is 12.0 Å². The fourth-order valence-electron chi connectivity index (χ4n) is 4.20. The van der Waals surface area contributed by atoms with E-state index < -0.39 is 0 Å². The number of fused-ring (bicyclic) bond motifs is 1. The van der Waals surface area contributed by atoms with Gasteiger partial charge in [0.1, 0.15) is 0 Å². The van der Waals surface area contributed by atoms with Gasteiger partial charge < -0.3 is 4.90 Å². The summed E-state index contributed by atoms with van der Waals surface area (Å²) in [6, 6.07) is 20.7. The molecule has 4 nitrogen and oxygen atoms in total. The summed E-state index contributed by atoms with van der Waals surface area (Å²) < 4.78 is 0. The van der Waals surface area contributed by atoms with Crippen LogP contribution < -0.4 is 0 Å². The Hall–Kier alpha value is -3.58. The van der Waals surface area contributed by atoms with Crippen molar-refractivity contribution in [2.24, 2.45) is 5.10 Å². The van der Waals surface area contributed by atoms with Gasteiger partial charge in [-0.3, -0.25) is 5.01 Å². The molecule has 1 fully saturated rings. The van der Waals surface area contributed by atoms with E-state index in [0.29, 0.717) is 5.56 Å². The molecule has 4 heteroatoms. The van der Waals surface area contributed by atoms with Gasteiger partial charge in [0, 0.05) is 19.5 Å². The number of nitrogens with zero attached hydrogens (tertiary/aromatic N) is 4. The topological polar surface area (TPSA) is 42.6 Å². The number of hydrazone groups is 1. The zero-order chi connectivity index (χ0) is 20.5. The Kier molecular flexibility index (Phi) is 4.82. The van der Waals surface area contributed by atoms with Gasteiger partial charge in [-0.2, -0.15) is 10.4 Å². The van der Waals surface area contributed by atoms with Gasteiger partial charge in [-0.25, -0.2) is 0 Å². The van der Waals surface area contributed by atoms with Crippen molar-refractivity contribution < 1.29 is 0 Å². The van der Waals surface area contributed by atoms with E-state index in [4.69, 9.17) is 5.10 Å². The van der Waals surface area contributed by atoms with Crippen molar-refractivity contribution in [3.8, 4) is 6.07 Å². The number of allylic oxidation sites excluding steroid dienone is 2. The summed E-state index contributed by atoms with van der Waals surface area (Å²) in [5.41, 5.74) is 6.96. The van der Waals surface area contributed by atoms with Crippen molar-refractivity contribution in [2.75, 3.05) is 13.6 Å². The molecule has 0 saturated carbocycles. The lowest BCUT2D eigenvalue weighted by Crippen LogP contribution is -2.50. The maximum Gasteiger partial charge on any atom is 0.0991 e. The number of likely N-dealkylation sites (N-methyl/N-ethyl adjacent to an activating group) is 1. The summed E-state index contributed by atoms with van der Waals surface area (Å²) in [6.07, 6.45) is 1.83. The predicted octanol–water partition coefficient (Wildman–Crippen LogP) is 4.65. The van der Waals surface area contributed by atoms with Crippen LogP contribution in [0.15, 0.2) is 95.4 Å². The zero-order valence-electron chi connectivity index (χ0n) is 16.8. The maximum atomic E-state index is 9.43. The summed E-state index contributed by atoms with van der Waals surface area (Å²) in [6.45, 7) is 11.3. The van der Waals surface area contributed by atoms with Gasteiger partial charge >= 0.3 is 0 Å². The van der Waals surface area contributed by atoms with E-state index >= 15 is 0 Å². The smallest absolute Gasteiger partial charge is 0.0991 e. The molecule has 0 amide bonds. The Balaban J connectivity index is 1.88. The summed E-state index contributed by atoms with van der Waals surface area (Å²) in [5.74, 6) is 0.0476. The Bertz CT molecular complexity index is 1070. The molecule has 2 unspecified atom stereocenters. The number of nitriles is 1. The van der Waals surface area contributed by atoms with E-state index in [9.17, 15) is 5.26 Å². The van der Waals surface area contributed by atoms with Crippen LogP contribution in [0.3, 0.4) is 0 Å². The first kappa shape index (κ1) is 18.8. The van der Waals surface area contributed by atoms with E-state index in [1.54, 1.807) is 0 Å². The largest absolute Gasteiger partial charge is 0.371 e. The highest BCUT2D eigenvalue weighted by molar-refractivity contribution is 5.85. The second-order valence-electron chi connectivity index (χ2n) is 7.61. The van der Waals surface area contributed by atoms with E-state index in [1.807, 2.05) is 30.5 Å². The van der Waals surface area contributed by atoms with Crippen molar-refractivity contribution in [1.29, 1.82) is 5.26 Å². The third-order valence-corrected chi connectivity index (χ3v) is 5.83. The molecule has 2 aromatic carbocycles. The molecule has 144 valence electrons. The number of piperazine rings is 1. The molecule has 1 saturated heterocycles. The highest BCUT2D eigenvalue weighted by Gasteiger charge is 2.39. The quantitative estimate of drug-likeness (QED) is 0.778. The van der Waals surface area contributed by atoms with Crippen LogP contribution in [0, 0.1) is 11.3 Å². The second-order valence-corrected chi connectivity index (χ2v) is 7.61. The molecule has 0 bridgehead atoms. The highest BCUT2D eigenvalue weighted by Crippen LogP contribution is 2.41. The Morgan fingerprint density at radius 2 is 1.83 bits per heavy atom. The average Bonchev–Trinajstić information content (AvgIpc) is 2.75. The van der Waals surface area contributed by atoms with Crippen molar-refractivity contribution in [2.45, 2.75) is 18.9 Å². The number of hydrogen-bond acceptors (Lipinski definition) is 4. The molecule has 4 rings (SSSR count). The molecule has 29 heavy (non-hydrogen) atoms. The van der Waals surface area contributed by atoms with Gasteiger partial charge in [-0.15, -0.1) is 0 Å². The second kappa shape index (κ2) is 7.44. The number of rotatable bonds is 3. The van der Waals surface area contributed by atoms with Gasteiger partial charge in [0.2, 0.25) is 0 Å². The minimum absolute atomic E-state index is 0.0476. The fraction of sp³-hybridized carbons (Fsp3) is 0.200. The third-order valence-electron chi connectivity index (χ3n) is 5.83. The molecule has 2 aromatic rings. The van der Waals surface area contributed by atoms with Crippen LogP contribution >= 0.6 is 0 Å². The fourth-order valence-corrected chi connectivity index (χ4v) is 4.20. The van der Waals surface area contributed by atoms with Crippen molar-refractivity contribution in [3.05, 3.63) is 107 Å². The van der Waals surface area contributed by atoms with Crippen LogP contribution in [-0.2, 0) is 0 Å². The molecule has 2 heterocycles. The maximum absolute atomic E-state index is 9.43. The molecular formula is C25H24N4. The first-order valence-electron chi connectivity index (χ1n) is 9.70. The van der Waals surface area contributed by atoms with E-state index in [1.165, 1.54) is 5.56 Å². The van der Waals surface area contributed by atoms with Crippen LogP contribution in [-0.4, -0.2) is 35.8 Å². The summed E-state index contributed by atoms with van der Waals surface area (Å²) in [5, 5.41) is 16.3. The van der Waals surface area contributed by atoms with Gasteiger partial charge in [0.05, 0.1) is 35.3 Å². The Morgan fingerprint density at radius 3 is 2.55 bits per heavy atom. The van der Waals surface area contributed by atoms with Crippen molar-refractivity contribution >= 4 is 6.21 Å². The minimum atomic E-state index is 0.0476. The number of benzene rings is 2. The Morgan fingerprint density at radius 1 is 1.10 bits per heavy atom. The van der Waals surface area contributed by atoms with Gasteiger partial charge in [0.25, 0.3) is 0 Å². The molecule has 2 aliphatic heterocycles. The summed E-state index contributed by atoms with van der Waals surface area (Å²) >= 11 is 0. The first-order chi connectivity index (χ1) is 14.0. The summed E-state index contributed by atoms with van der Waals surface area (Å²) in [4.78, 5) is 2.19. The molecular weight excluding hydrogens is 356 g/mol. The molecule has 0 spiro atoms. The van der Waals surface area contributed by atoms with Gasteiger partial charge in [-0.1, -0.05) is 55.6 Å². The van der Waals surface area contributed by atoms with E-state index in [2.05, 4.69) is 73.4 Å². The standard InChI is InChI=1S/C25H24N4/c1-17-15-27-29-23(16-28(4)19(3)25(29)18(17)2)24(21-10-6-5-7-11-21)22-12-8-9-20(13-22)14-26/h5-13,15,23-24H,1,3,16H2,2,4H3. The van der Waals surface area contributed by atoms with E-state index in [0.717, 1.165) is 34.6 Å². The van der Waals surface area contributed by atoms with Gasteiger partial charge in [0.15, 0.2) is 0 Å².